The van der Waals surface area contributed by atoms with E-state index in [0.29, 0.717) is 11.3 Å². The van der Waals surface area contributed by atoms with Crippen molar-refractivity contribution in [2.75, 3.05) is 11.6 Å². The van der Waals surface area contributed by atoms with Gasteiger partial charge in [-0.3, -0.25) is 4.55 Å². The first-order chi connectivity index (χ1) is 11.1. The van der Waals surface area contributed by atoms with E-state index in [-0.39, 0.29) is 0 Å². The number of aryl methyl sites for hydroxylation is 2. The van der Waals surface area contributed by atoms with Crippen molar-refractivity contribution in [3.8, 4) is 0 Å². The molecule has 2 aromatic heterocycles. The Morgan fingerprint density at radius 1 is 1.25 bits per heavy atom. The van der Waals surface area contributed by atoms with Crippen molar-refractivity contribution in [2.45, 2.75) is 13.8 Å². The lowest BCUT2D eigenvalue weighted by molar-refractivity contribution is 0.490. The smallest absolute Gasteiger partial charge is 0.261 e. The van der Waals surface area contributed by atoms with Gasteiger partial charge in [0.1, 0.15) is 17.8 Å². The lowest BCUT2D eigenvalue weighted by atomic mass is 10.2. The molecule has 2 heterocycles. The molecule has 128 valence electrons. The lowest BCUT2D eigenvalue weighted by Crippen LogP contribution is -1.95. The number of rotatable bonds is 2. The molecule has 0 spiro atoms. The summed E-state index contributed by atoms with van der Waals surface area (Å²) in [5, 5.41) is 4.99. The normalized spacial score (nSPS) is 11.0. The SMILES string of the molecule is CS(=O)(=O)O.Cc1[nH]c2ncnc(Nc3cccc(Cl)c3)c2c1C. The van der Waals surface area contributed by atoms with Gasteiger partial charge in [-0.15, -0.1) is 0 Å². The minimum atomic E-state index is -3.67. The van der Waals surface area contributed by atoms with E-state index >= 15 is 0 Å². The quantitative estimate of drug-likeness (QED) is 0.597. The Morgan fingerprint density at radius 3 is 2.54 bits per heavy atom. The van der Waals surface area contributed by atoms with Crippen LogP contribution in [0.2, 0.25) is 5.02 Å². The summed E-state index contributed by atoms with van der Waals surface area (Å²) in [6, 6.07) is 7.56. The molecule has 3 aromatic rings. The van der Waals surface area contributed by atoms with E-state index in [1.165, 1.54) is 0 Å². The maximum Gasteiger partial charge on any atom is 0.261 e. The van der Waals surface area contributed by atoms with Crippen LogP contribution in [0.1, 0.15) is 11.3 Å². The number of nitrogens with zero attached hydrogens (tertiary/aromatic N) is 2. The van der Waals surface area contributed by atoms with Crippen LogP contribution in [0.15, 0.2) is 30.6 Å². The molecule has 7 nitrogen and oxygen atoms in total. The Balaban J connectivity index is 0.000000368. The van der Waals surface area contributed by atoms with Gasteiger partial charge in [0.2, 0.25) is 0 Å². The number of hydrogen-bond donors (Lipinski definition) is 3. The van der Waals surface area contributed by atoms with Gasteiger partial charge in [0.15, 0.2) is 0 Å². The van der Waals surface area contributed by atoms with Crippen molar-refractivity contribution in [3.05, 3.63) is 46.9 Å². The minimum Gasteiger partial charge on any atom is -0.343 e. The van der Waals surface area contributed by atoms with Crippen molar-refractivity contribution in [2.24, 2.45) is 0 Å². The number of anilines is 2. The predicted molar refractivity (Wildman–Crippen MR) is 95.6 cm³/mol. The molecule has 0 unspecified atom stereocenters. The van der Waals surface area contributed by atoms with Crippen LogP contribution in [0.5, 0.6) is 0 Å². The molecular weight excluding hydrogens is 352 g/mol. The first kappa shape index (κ1) is 18.2. The van der Waals surface area contributed by atoms with E-state index in [1.54, 1.807) is 6.33 Å². The molecule has 0 amide bonds. The van der Waals surface area contributed by atoms with E-state index in [9.17, 15) is 8.42 Å². The lowest BCUT2D eigenvalue weighted by Gasteiger charge is -2.07. The molecule has 9 heteroatoms. The second kappa shape index (κ2) is 7.16. The number of H-pyrrole nitrogens is 1. The zero-order valence-electron chi connectivity index (χ0n) is 13.3. The Hall–Kier alpha value is -2.16. The zero-order valence-corrected chi connectivity index (χ0v) is 14.9. The summed E-state index contributed by atoms with van der Waals surface area (Å²) in [6.07, 6.45) is 2.26. The van der Waals surface area contributed by atoms with E-state index in [2.05, 4.69) is 27.2 Å². The van der Waals surface area contributed by atoms with Crippen molar-refractivity contribution in [3.63, 3.8) is 0 Å². The average Bonchev–Trinajstić information content (AvgIpc) is 2.73. The molecule has 24 heavy (non-hydrogen) atoms. The number of nitrogens with one attached hydrogen (secondary N) is 2. The Kier molecular flexibility index (Phi) is 5.43. The molecule has 0 aliphatic carbocycles. The van der Waals surface area contributed by atoms with Gasteiger partial charge in [-0.2, -0.15) is 8.42 Å². The fourth-order valence-electron chi connectivity index (χ4n) is 2.09. The molecule has 0 radical (unpaired) electrons. The molecule has 1 aromatic carbocycles. The largest absolute Gasteiger partial charge is 0.343 e. The topological polar surface area (TPSA) is 108 Å². The summed E-state index contributed by atoms with van der Waals surface area (Å²) in [7, 11) is -3.67. The summed E-state index contributed by atoms with van der Waals surface area (Å²) in [5.41, 5.74) is 4.00. The maximum atomic E-state index is 9.19. The van der Waals surface area contributed by atoms with Crippen molar-refractivity contribution in [1.82, 2.24) is 15.0 Å². The first-order valence-corrected chi connectivity index (χ1v) is 9.12. The van der Waals surface area contributed by atoms with E-state index in [1.807, 2.05) is 31.2 Å². The van der Waals surface area contributed by atoms with E-state index in [4.69, 9.17) is 16.2 Å². The number of hydrogen-bond acceptors (Lipinski definition) is 5. The minimum absolute atomic E-state index is 0.692. The van der Waals surface area contributed by atoms with Crippen LogP contribution in [-0.2, 0) is 10.1 Å². The fraction of sp³-hybridized carbons (Fsp3) is 0.200. The molecule has 3 rings (SSSR count). The summed E-state index contributed by atoms with van der Waals surface area (Å²) in [5.74, 6) is 0.786. The standard InChI is InChI=1S/C14H13ClN4.CH4O3S/c1-8-9(2)18-13-12(8)14(17-7-16-13)19-11-5-3-4-10(15)6-11;1-5(2,3)4/h3-7H,1-2H3,(H2,16,17,18,19);1H3,(H,2,3,4). The highest BCUT2D eigenvalue weighted by molar-refractivity contribution is 7.85. The van der Waals surface area contributed by atoms with Crippen LogP contribution < -0.4 is 5.32 Å². The van der Waals surface area contributed by atoms with Gasteiger partial charge >= 0.3 is 0 Å². The molecule has 0 aliphatic heterocycles. The van der Waals surface area contributed by atoms with Crippen LogP contribution in [0.25, 0.3) is 11.0 Å². The number of aromatic nitrogens is 3. The maximum absolute atomic E-state index is 9.19. The average molecular weight is 369 g/mol. The molecule has 0 atom stereocenters. The van der Waals surface area contributed by atoms with E-state index < -0.39 is 10.1 Å². The number of fused-ring (bicyclic) bond motifs is 1. The van der Waals surface area contributed by atoms with Gasteiger partial charge in [-0.25, -0.2) is 9.97 Å². The van der Waals surface area contributed by atoms with Crippen LogP contribution in [0.3, 0.4) is 0 Å². The summed E-state index contributed by atoms with van der Waals surface area (Å²) < 4.78 is 25.9. The van der Waals surface area contributed by atoms with E-state index in [0.717, 1.165) is 33.8 Å². The van der Waals surface area contributed by atoms with Crippen molar-refractivity contribution < 1.29 is 13.0 Å². The highest BCUT2D eigenvalue weighted by atomic mass is 35.5. The fourth-order valence-corrected chi connectivity index (χ4v) is 2.28. The number of aromatic amines is 1. The third kappa shape index (κ3) is 4.92. The van der Waals surface area contributed by atoms with Gasteiger partial charge in [-0.1, -0.05) is 17.7 Å². The van der Waals surface area contributed by atoms with Crippen LogP contribution in [-0.4, -0.2) is 34.2 Å². The third-order valence-electron chi connectivity index (χ3n) is 3.18. The molecule has 0 bridgehead atoms. The van der Waals surface area contributed by atoms with Gasteiger partial charge < -0.3 is 10.3 Å². The molecule has 3 N–H and O–H groups in total. The third-order valence-corrected chi connectivity index (χ3v) is 3.41. The Bertz CT molecular complexity index is 962. The van der Waals surface area contributed by atoms with Gasteiger partial charge in [0, 0.05) is 16.4 Å². The molecule has 0 saturated carbocycles. The highest BCUT2D eigenvalue weighted by Gasteiger charge is 2.11. The first-order valence-electron chi connectivity index (χ1n) is 6.90. The van der Waals surface area contributed by atoms with Crippen LogP contribution >= 0.6 is 11.6 Å². The molecule has 0 saturated heterocycles. The van der Waals surface area contributed by atoms with Gasteiger partial charge in [0.05, 0.1) is 11.6 Å². The van der Waals surface area contributed by atoms with Gasteiger partial charge in [0.25, 0.3) is 10.1 Å². The molecule has 0 aliphatic rings. The van der Waals surface area contributed by atoms with Gasteiger partial charge in [-0.05, 0) is 37.6 Å². The Labute approximate surface area is 144 Å². The molecule has 0 fully saturated rings. The monoisotopic (exact) mass is 368 g/mol. The predicted octanol–water partition coefficient (Wildman–Crippen LogP) is 3.48. The zero-order chi connectivity index (χ0) is 17.9. The molecular formula is C15H17ClN4O3S. The summed E-state index contributed by atoms with van der Waals surface area (Å²) in [4.78, 5) is 11.8. The summed E-state index contributed by atoms with van der Waals surface area (Å²) >= 11 is 5.99. The number of halogens is 1. The highest BCUT2D eigenvalue weighted by Crippen LogP contribution is 2.28. The van der Waals surface area contributed by atoms with Crippen molar-refractivity contribution >= 4 is 44.3 Å². The Morgan fingerprint density at radius 2 is 1.92 bits per heavy atom. The summed E-state index contributed by atoms with van der Waals surface area (Å²) in [6.45, 7) is 4.08. The second-order valence-electron chi connectivity index (χ2n) is 5.19. The second-order valence-corrected chi connectivity index (χ2v) is 7.09. The van der Waals surface area contributed by atoms with Crippen molar-refractivity contribution in [1.29, 1.82) is 0 Å². The number of benzene rings is 1. The van der Waals surface area contributed by atoms with Crippen LogP contribution in [0, 0.1) is 13.8 Å². The van der Waals surface area contributed by atoms with Crippen LogP contribution in [0.4, 0.5) is 11.5 Å².